The summed E-state index contributed by atoms with van der Waals surface area (Å²) in [5.41, 5.74) is 2.52. The first kappa shape index (κ1) is 16.1. The van der Waals surface area contributed by atoms with Gasteiger partial charge in [0.05, 0.1) is 0 Å². The Hall–Kier alpha value is -1.81. The molecule has 3 rings (SSSR count). The van der Waals surface area contributed by atoms with Crippen molar-refractivity contribution in [3.8, 4) is 0 Å². The molecule has 23 heavy (non-hydrogen) atoms. The maximum absolute atomic E-state index is 12.1. The van der Waals surface area contributed by atoms with Gasteiger partial charge in [-0.2, -0.15) is 0 Å². The van der Waals surface area contributed by atoms with Gasteiger partial charge >= 0.3 is 0 Å². The zero-order chi connectivity index (χ0) is 16.4. The summed E-state index contributed by atoms with van der Waals surface area (Å²) in [6, 6.07) is 9.01. The number of nitrogens with one attached hydrogen (secondary N) is 2. The quantitative estimate of drug-likeness (QED) is 0.911. The van der Waals surface area contributed by atoms with Crippen molar-refractivity contribution in [2.45, 2.75) is 39.8 Å². The van der Waals surface area contributed by atoms with Gasteiger partial charge < -0.3 is 15.2 Å². The van der Waals surface area contributed by atoms with E-state index in [1.807, 2.05) is 24.9 Å². The number of aromatic amines is 1. The van der Waals surface area contributed by atoms with Crippen molar-refractivity contribution in [2.75, 3.05) is 13.1 Å². The van der Waals surface area contributed by atoms with Gasteiger partial charge in [-0.25, -0.2) is 0 Å². The summed E-state index contributed by atoms with van der Waals surface area (Å²) < 4.78 is 0. The fourth-order valence-electron chi connectivity index (χ4n) is 3.56. The highest BCUT2D eigenvalue weighted by Gasteiger charge is 2.29. The molecule has 0 saturated carbocycles. The number of likely N-dealkylation sites (tertiary alicyclic amines) is 1. The van der Waals surface area contributed by atoms with Crippen molar-refractivity contribution in [3.05, 3.63) is 36.0 Å². The largest absolute Gasteiger partial charge is 0.361 e. The predicted molar refractivity (Wildman–Crippen MR) is 94.1 cm³/mol. The number of hydrogen-bond donors (Lipinski definition) is 2. The molecular weight excluding hydrogens is 286 g/mol. The number of carbonyl (C=O) groups excluding carboxylic acids is 1. The fraction of sp³-hybridized carbons (Fsp3) is 0.526. The first-order valence-electron chi connectivity index (χ1n) is 8.63. The van der Waals surface area contributed by atoms with E-state index in [1.165, 1.54) is 16.5 Å². The summed E-state index contributed by atoms with van der Waals surface area (Å²) in [6.45, 7) is 8.82. The Kier molecular flexibility index (Phi) is 4.71. The van der Waals surface area contributed by atoms with Crippen molar-refractivity contribution in [3.63, 3.8) is 0 Å². The molecule has 2 N–H and O–H groups in total. The number of carbonyl (C=O) groups is 1. The van der Waals surface area contributed by atoms with Gasteiger partial charge in [0.1, 0.15) is 0 Å². The lowest BCUT2D eigenvalue weighted by Gasteiger charge is -2.38. The molecule has 2 unspecified atom stereocenters. The molecule has 0 aliphatic carbocycles. The van der Waals surface area contributed by atoms with Crippen molar-refractivity contribution >= 4 is 16.8 Å². The molecule has 4 nitrogen and oxygen atoms in total. The molecule has 1 amide bonds. The monoisotopic (exact) mass is 313 g/mol. The van der Waals surface area contributed by atoms with E-state index in [0.29, 0.717) is 12.0 Å². The highest BCUT2D eigenvalue weighted by Crippen LogP contribution is 2.21. The van der Waals surface area contributed by atoms with E-state index in [2.05, 4.69) is 41.5 Å². The van der Waals surface area contributed by atoms with Crippen molar-refractivity contribution in [1.82, 2.24) is 15.2 Å². The van der Waals surface area contributed by atoms with E-state index in [-0.39, 0.29) is 11.8 Å². The number of H-pyrrole nitrogens is 1. The van der Waals surface area contributed by atoms with Crippen LogP contribution in [-0.2, 0) is 11.3 Å². The number of rotatable bonds is 4. The summed E-state index contributed by atoms with van der Waals surface area (Å²) in [5, 5.41) is 5.00. The molecule has 2 aromatic rings. The van der Waals surface area contributed by atoms with E-state index in [0.717, 1.165) is 26.1 Å². The van der Waals surface area contributed by atoms with Gasteiger partial charge in [-0.05, 0) is 30.0 Å². The zero-order valence-corrected chi connectivity index (χ0v) is 14.3. The summed E-state index contributed by atoms with van der Waals surface area (Å²) in [4.78, 5) is 17.4. The maximum atomic E-state index is 12.1. The van der Waals surface area contributed by atoms with E-state index < -0.39 is 0 Å². The molecule has 124 valence electrons. The Labute approximate surface area is 138 Å². The Bertz CT molecular complexity index is 676. The Morgan fingerprint density at radius 3 is 2.96 bits per heavy atom. The van der Waals surface area contributed by atoms with E-state index in [4.69, 9.17) is 0 Å². The molecule has 0 spiro atoms. The smallest absolute Gasteiger partial charge is 0.225 e. The molecule has 2 atom stereocenters. The number of piperidine rings is 1. The van der Waals surface area contributed by atoms with Gasteiger partial charge in [-0.3, -0.25) is 4.79 Å². The summed E-state index contributed by atoms with van der Waals surface area (Å²) in [6.07, 6.45) is 3.02. The van der Waals surface area contributed by atoms with Gasteiger partial charge in [0.25, 0.3) is 0 Å². The standard InChI is InChI=1S/C19H27N3O/c1-13(2)19(23)22-10-8-17(14(3)12-22)21-11-15-5-4-6-18-16(15)7-9-20-18/h4-7,9,13-14,17,20-21H,8,10-12H2,1-3H3. The van der Waals surface area contributed by atoms with Gasteiger partial charge in [0, 0.05) is 48.7 Å². The second-order valence-corrected chi connectivity index (χ2v) is 7.05. The van der Waals surface area contributed by atoms with Gasteiger partial charge in [-0.15, -0.1) is 0 Å². The third-order valence-electron chi connectivity index (χ3n) is 4.95. The maximum Gasteiger partial charge on any atom is 0.225 e. The molecule has 0 bridgehead atoms. The fourth-order valence-corrected chi connectivity index (χ4v) is 3.56. The topological polar surface area (TPSA) is 48.1 Å². The minimum Gasteiger partial charge on any atom is -0.361 e. The second-order valence-electron chi connectivity index (χ2n) is 7.05. The zero-order valence-electron chi connectivity index (χ0n) is 14.3. The van der Waals surface area contributed by atoms with Crippen LogP contribution in [0.2, 0.25) is 0 Å². The molecule has 1 saturated heterocycles. The number of aromatic nitrogens is 1. The molecule has 1 aromatic heterocycles. The van der Waals surface area contributed by atoms with E-state index in [1.54, 1.807) is 0 Å². The number of nitrogens with zero attached hydrogens (tertiary/aromatic N) is 1. The minimum atomic E-state index is 0.0953. The number of amides is 1. The number of fused-ring (bicyclic) bond motifs is 1. The molecule has 2 heterocycles. The first-order valence-corrected chi connectivity index (χ1v) is 8.63. The molecule has 0 radical (unpaired) electrons. The normalized spacial score (nSPS) is 22.0. The number of hydrogen-bond acceptors (Lipinski definition) is 2. The second kappa shape index (κ2) is 6.75. The highest BCUT2D eigenvalue weighted by atomic mass is 16.2. The van der Waals surface area contributed by atoms with Gasteiger partial charge in [0.2, 0.25) is 5.91 Å². The predicted octanol–water partition coefficient (Wildman–Crippen LogP) is 3.15. The van der Waals surface area contributed by atoms with Crippen LogP contribution in [0, 0.1) is 11.8 Å². The Balaban J connectivity index is 1.59. The lowest BCUT2D eigenvalue weighted by molar-refractivity contribution is -0.136. The van der Waals surface area contributed by atoms with Crippen LogP contribution in [0.15, 0.2) is 30.5 Å². The van der Waals surface area contributed by atoms with Crippen LogP contribution in [0.25, 0.3) is 10.9 Å². The molecular formula is C19H27N3O. The summed E-state index contributed by atoms with van der Waals surface area (Å²) >= 11 is 0. The van der Waals surface area contributed by atoms with Crippen LogP contribution in [0.4, 0.5) is 0 Å². The average molecular weight is 313 g/mol. The molecule has 4 heteroatoms. The third-order valence-corrected chi connectivity index (χ3v) is 4.95. The van der Waals surface area contributed by atoms with Crippen LogP contribution < -0.4 is 5.32 Å². The Morgan fingerprint density at radius 1 is 1.39 bits per heavy atom. The minimum absolute atomic E-state index is 0.0953. The summed E-state index contributed by atoms with van der Waals surface area (Å²) in [7, 11) is 0. The lowest BCUT2D eigenvalue weighted by Crippen LogP contribution is -2.50. The molecule has 1 aliphatic rings. The SMILES string of the molecule is CC(C)C(=O)N1CCC(NCc2cccc3[nH]ccc23)C(C)C1. The Morgan fingerprint density at radius 2 is 2.22 bits per heavy atom. The van der Waals surface area contributed by atoms with Crippen molar-refractivity contribution < 1.29 is 4.79 Å². The van der Waals surface area contributed by atoms with Gasteiger partial charge in [0.15, 0.2) is 0 Å². The molecule has 1 fully saturated rings. The summed E-state index contributed by atoms with van der Waals surface area (Å²) in [5.74, 6) is 0.863. The average Bonchev–Trinajstić information content (AvgIpc) is 3.02. The third kappa shape index (κ3) is 3.42. The van der Waals surface area contributed by atoms with Crippen molar-refractivity contribution in [2.24, 2.45) is 11.8 Å². The van der Waals surface area contributed by atoms with Crippen molar-refractivity contribution in [1.29, 1.82) is 0 Å². The van der Waals surface area contributed by atoms with Crippen LogP contribution in [0.5, 0.6) is 0 Å². The van der Waals surface area contributed by atoms with E-state index in [9.17, 15) is 4.79 Å². The lowest BCUT2D eigenvalue weighted by atomic mass is 9.92. The van der Waals surface area contributed by atoms with E-state index >= 15 is 0 Å². The van der Waals surface area contributed by atoms with Crippen LogP contribution >= 0.6 is 0 Å². The molecule has 1 aliphatic heterocycles. The van der Waals surface area contributed by atoms with Crippen LogP contribution in [0.1, 0.15) is 32.8 Å². The van der Waals surface area contributed by atoms with Crippen LogP contribution in [-0.4, -0.2) is 34.9 Å². The molecule has 1 aromatic carbocycles. The number of benzene rings is 1. The first-order chi connectivity index (χ1) is 11.1. The van der Waals surface area contributed by atoms with Gasteiger partial charge in [-0.1, -0.05) is 32.9 Å². The highest BCUT2D eigenvalue weighted by molar-refractivity contribution is 5.82. The van der Waals surface area contributed by atoms with Crippen LogP contribution in [0.3, 0.4) is 0 Å².